The largest absolute Gasteiger partial charge is 0.461 e. The number of hydrogen-bond donors (Lipinski definition) is 0. The summed E-state index contributed by atoms with van der Waals surface area (Å²) in [6, 6.07) is 2.09. The third-order valence-corrected chi connectivity index (χ3v) is 4.76. The summed E-state index contributed by atoms with van der Waals surface area (Å²) in [5.74, 6) is -0.262. The number of carbonyl (C=O) groups excluding carboxylic acids is 1. The van der Waals surface area contributed by atoms with E-state index >= 15 is 0 Å². The van der Waals surface area contributed by atoms with Crippen LogP contribution in [0.15, 0.2) is 12.3 Å². The van der Waals surface area contributed by atoms with E-state index in [9.17, 15) is 4.79 Å². The van der Waals surface area contributed by atoms with Crippen LogP contribution in [-0.2, 0) is 17.6 Å². The van der Waals surface area contributed by atoms with Gasteiger partial charge in [-0.05, 0) is 61.6 Å². The standard InChI is InChI=1S/C16H21NO2/c1-2-19-15(18)14-13-5-9-16(7-3-4-8-16)11-12(13)6-10-17-14/h6,10H,2-5,7-9,11H2,1H3. The van der Waals surface area contributed by atoms with Gasteiger partial charge in [-0.1, -0.05) is 12.8 Å². The number of pyridine rings is 1. The number of carbonyl (C=O) groups is 1. The summed E-state index contributed by atoms with van der Waals surface area (Å²) in [6.45, 7) is 2.24. The van der Waals surface area contributed by atoms with Crippen molar-refractivity contribution in [3.8, 4) is 0 Å². The number of fused-ring (bicyclic) bond motifs is 1. The summed E-state index contributed by atoms with van der Waals surface area (Å²) in [5.41, 5.74) is 3.53. The first kappa shape index (κ1) is 12.6. The molecule has 2 aliphatic carbocycles. The Hall–Kier alpha value is -1.38. The fourth-order valence-electron chi connectivity index (χ4n) is 3.79. The van der Waals surface area contributed by atoms with E-state index in [2.05, 4.69) is 11.1 Å². The van der Waals surface area contributed by atoms with E-state index in [-0.39, 0.29) is 5.97 Å². The monoisotopic (exact) mass is 259 g/mol. The first-order chi connectivity index (χ1) is 9.24. The lowest BCUT2D eigenvalue weighted by Crippen LogP contribution is -2.27. The molecular formula is C16H21NO2. The second-order valence-electron chi connectivity index (χ2n) is 5.90. The van der Waals surface area contributed by atoms with Gasteiger partial charge in [-0.15, -0.1) is 0 Å². The Balaban J connectivity index is 1.90. The fraction of sp³-hybridized carbons (Fsp3) is 0.625. The molecule has 1 aromatic rings. The van der Waals surface area contributed by atoms with E-state index in [0.29, 0.717) is 17.7 Å². The molecule has 0 unspecified atom stereocenters. The smallest absolute Gasteiger partial charge is 0.357 e. The molecule has 0 amide bonds. The zero-order chi connectivity index (χ0) is 13.3. The van der Waals surface area contributed by atoms with Gasteiger partial charge in [-0.3, -0.25) is 0 Å². The molecule has 0 N–H and O–H groups in total. The number of rotatable bonds is 2. The molecule has 0 aliphatic heterocycles. The molecule has 3 nitrogen and oxygen atoms in total. The van der Waals surface area contributed by atoms with Crippen LogP contribution in [0.3, 0.4) is 0 Å². The molecule has 3 rings (SSSR count). The molecule has 0 aromatic carbocycles. The molecule has 1 fully saturated rings. The molecule has 1 heterocycles. The quantitative estimate of drug-likeness (QED) is 0.765. The number of esters is 1. The third kappa shape index (κ3) is 2.26. The van der Waals surface area contributed by atoms with Crippen molar-refractivity contribution in [2.24, 2.45) is 5.41 Å². The molecule has 1 aromatic heterocycles. The van der Waals surface area contributed by atoms with E-state index in [1.165, 1.54) is 37.7 Å². The minimum absolute atomic E-state index is 0.262. The van der Waals surface area contributed by atoms with Crippen LogP contribution < -0.4 is 0 Å². The average Bonchev–Trinajstić information content (AvgIpc) is 2.86. The van der Waals surface area contributed by atoms with Gasteiger partial charge in [0.05, 0.1) is 6.61 Å². The molecule has 0 saturated heterocycles. The van der Waals surface area contributed by atoms with Crippen LogP contribution in [0.4, 0.5) is 0 Å². The summed E-state index contributed by atoms with van der Waals surface area (Å²) < 4.78 is 5.11. The predicted molar refractivity (Wildman–Crippen MR) is 73.1 cm³/mol. The van der Waals surface area contributed by atoms with Crippen LogP contribution in [0.2, 0.25) is 0 Å². The maximum atomic E-state index is 11.9. The van der Waals surface area contributed by atoms with Crippen molar-refractivity contribution < 1.29 is 9.53 Å². The zero-order valence-electron chi connectivity index (χ0n) is 11.6. The molecular weight excluding hydrogens is 238 g/mol. The predicted octanol–water partition coefficient (Wildman–Crippen LogP) is 3.31. The Labute approximate surface area is 114 Å². The minimum Gasteiger partial charge on any atom is -0.461 e. The van der Waals surface area contributed by atoms with Gasteiger partial charge < -0.3 is 4.74 Å². The van der Waals surface area contributed by atoms with Gasteiger partial charge in [0, 0.05) is 6.20 Å². The van der Waals surface area contributed by atoms with Gasteiger partial charge in [0.1, 0.15) is 0 Å². The van der Waals surface area contributed by atoms with E-state index < -0.39 is 0 Å². The van der Waals surface area contributed by atoms with Crippen molar-refractivity contribution in [3.05, 3.63) is 29.1 Å². The molecule has 19 heavy (non-hydrogen) atoms. The Kier molecular flexibility index (Phi) is 3.29. The Morgan fingerprint density at radius 1 is 1.37 bits per heavy atom. The molecule has 2 aliphatic rings. The molecule has 1 spiro atoms. The normalized spacial score (nSPS) is 20.3. The van der Waals surface area contributed by atoms with Crippen LogP contribution in [0, 0.1) is 5.41 Å². The number of aromatic nitrogens is 1. The molecule has 0 atom stereocenters. The number of hydrogen-bond acceptors (Lipinski definition) is 3. The topological polar surface area (TPSA) is 39.2 Å². The van der Waals surface area contributed by atoms with Crippen LogP contribution in [0.25, 0.3) is 0 Å². The van der Waals surface area contributed by atoms with Crippen molar-refractivity contribution in [3.63, 3.8) is 0 Å². The number of nitrogens with zero attached hydrogens (tertiary/aromatic N) is 1. The van der Waals surface area contributed by atoms with Crippen LogP contribution in [0.5, 0.6) is 0 Å². The van der Waals surface area contributed by atoms with Crippen molar-refractivity contribution in [1.82, 2.24) is 4.98 Å². The Bertz CT molecular complexity index is 490. The average molecular weight is 259 g/mol. The molecule has 3 heteroatoms. The second kappa shape index (κ2) is 4.95. The molecule has 102 valence electrons. The highest BCUT2D eigenvalue weighted by Gasteiger charge is 2.38. The van der Waals surface area contributed by atoms with Gasteiger partial charge >= 0.3 is 5.97 Å². The van der Waals surface area contributed by atoms with Crippen molar-refractivity contribution in [2.45, 2.75) is 51.9 Å². The van der Waals surface area contributed by atoms with E-state index in [0.717, 1.165) is 18.4 Å². The highest BCUT2D eigenvalue weighted by molar-refractivity contribution is 5.89. The summed E-state index contributed by atoms with van der Waals surface area (Å²) >= 11 is 0. The summed E-state index contributed by atoms with van der Waals surface area (Å²) in [7, 11) is 0. The highest BCUT2D eigenvalue weighted by Crippen LogP contribution is 2.47. The van der Waals surface area contributed by atoms with E-state index in [4.69, 9.17) is 4.74 Å². The van der Waals surface area contributed by atoms with Gasteiger partial charge in [0.25, 0.3) is 0 Å². The fourth-order valence-corrected chi connectivity index (χ4v) is 3.79. The maximum absolute atomic E-state index is 11.9. The van der Waals surface area contributed by atoms with Crippen molar-refractivity contribution in [2.75, 3.05) is 6.61 Å². The summed E-state index contributed by atoms with van der Waals surface area (Å²) in [4.78, 5) is 16.2. The second-order valence-corrected chi connectivity index (χ2v) is 5.90. The molecule has 1 saturated carbocycles. The van der Waals surface area contributed by atoms with Gasteiger partial charge in [-0.2, -0.15) is 0 Å². The first-order valence-electron chi connectivity index (χ1n) is 7.38. The third-order valence-electron chi connectivity index (χ3n) is 4.76. The summed E-state index contributed by atoms with van der Waals surface area (Å²) in [5, 5.41) is 0. The highest BCUT2D eigenvalue weighted by atomic mass is 16.5. The first-order valence-corrected chi connectivity index (χ1v) is 7.38. The van der Waals surface area contributed by atoms with Gasteiger partial charge in [0.2, 0.25) is 0 Å². The van der Waals surface area contributed by atoms with E-state index in [1.807, 2.05) is 6.92 Å². The van der Waals surface area contributed by atoms with Crippen LogP contribution in [-0.4, -0.2) is 17.6 Å². The lowest BCUT2D eigenvalue weighted by molar-refractivity contribution is 0.0516. The zero-order valence-corrected chi connectivity index (χ0v) is 11.6. The maximum Gasteiger partial charge on any atom is 0.357 e. The van der Waals surface area contributed by atoms with Crippen molar-refractivity contribution in [1.29, 1.82) is 0 Å². The molecule has 0 bridgehead atoms. The molecule has 0 radical (unpaired) electrons. The Morgan fingerprint density at radius 2 is 2.16 bits per heavy atom. The van der Waals surface area contributed by atoms with Crippen LogP contribution >= 0.6 is 0 Å². The van der Waals surface area contributed by atoms with Crippen LogP contribution in [0.1, 0.15) is 60.6 Å². The minimum atomic E-state index is -0.262. The lowest BCUT2D eigenvalue weighted by atomic mass is 9.70. The SMILES string of the molecule is CCOC(=O)c1nccc2c1CCC1(CCCC1)C2. The van der Waals surface area contributed by atoms with Gasteiger partial charge in [0.15, 0.2) is 5.69 Å². The number of ether oxygens (including phenoxy) is 1. The summed E-state index contributed by atoms with van der Waals surface area (Å²) in [6.07, 6.45) is 10.5. The lowest BCUT2D eigenvalue weighted by Gasteiger charge is -2.35. The van der Waals surface area contributed by atoms with Gasteiger partial charge in [-0.25, -0.2) is 9.78 Å². The van der Waals surface area contributed by atoms with E-state index in [1.54, 1.807) is 6.20 Å². The Morgan fingerprint density at radius 3 is 2.89 bits per heavy atom. The van der Waals surface area contributed by atoms with Crippen molar-refractivity contribution >= 4 is 5.97 Å².